The van der Waals surface area contributed by atoms with Crippen molar-refractivity contribution >= 4 is 12.0 Å². The maximum absolute atomic E-state index is 13.7. The molecule has 2 aliphatic rings. The van der Waals surface area contributed by atoms with Crippen LogP contribution in [0.15, 0.2) is 54.4 Å². The summed E-state index contributed by atoms with van der Waals surface area (Å²) in [4.78, 5) is 33.1. The van der Waals surface area contributed by atoms with Gasteiger partial charge in [-0.05, 0) is 68.9 Å². The Balaban J connectivity index is 1.50. The van der Waals surface area contributed by atoms with Crippen molar-refractivity contribution in [1.82, 2.24) is 23.6 Å². The van der Waals surface area contributed by atoms with Crippen LogP contribution in [0.3, 0.4) is 0 Å². The molecule has 4 heterocycles. The number of hydrogen-bond donors (Lipinski definition) is 0. The number of amides is 1. The fourth-order valence-electron chi connectivity index (χ4n) is 5.53. The predicted molar refractivity (Wildman–Crippen MR) is 133 cm³/mol. The van der Waals surface area contributed by atoms with Crippen molar-refractivity contribution in [2.45, 2.75) is 52.2 Å². The molecule has 1 aliphatic carbocycles. The van der Waals surface area contributed by atoms with E-state index in [0.717, 1.165) is 18.5 Å². The third-order valence-electron chi connectivity index (χ3n) is 7.22. The van der Waals surface area contributed by atoms with Crippen molar-refractivity contribution in [3.63, 3.8) is 0 Å². The van der Waals surface area contributed by atoms with E-state index in [-0.39, 0.29) is 23.6 Å². The standard InChI is InChI=1S/C27H31N5O2/c1-6-7-20-8-9-23-21(12-20)22(15-29(23)5)19(4)32-18(3)14-31-25(27(32)34)11-10-24(26(31)33)30-13-17(2)28-16-30/h6,8-11,13,15-16,18-20H,1,7,12,14H2,2-5H3. The summed E-state index contributed by atoms with van der Waals surface area (Å²) in [5.41, 5.74) is 5.29. The van der Waals surface area contributed by atoms with Crippen LogP contribution >= 0.6 is 0 Å². The number of pyridine rings is 1. The zero-order chi connectivity index (χ0) is 24.1. The molecule has 0 fully saturated rings. The molecule has 0 aromatic carbocycles. The van der Waals surface area contributed by atoms with Gasteiger partial charge in [0.2, 0.25) is 0 Å². The molecule has 34 heavy (non-hydrogen) atoms. The lowest BCUT2D eigenvalue weighted by Crippen LogP contribution is -2.51. The molecule has 0 radical (unpaired) electrons. The molecule has 7 nitrogen and oxygen atoms in total. The topological polar surface area (TPSA) is 65.1 Å². The largest absolute Gasteiger partial charge is 0.350 e. The summed E-state index contributed by atoms with van der Waals surface area (Å²) in [5, 5.41) is 0. The number of imidazole rings is 1. The summed E-state index contributed by atoms with van der Waals surface area (Å²) in [5.74, 6) is 0.320. The second-order valence-electron chi connectivity index (χ2n) is 9.59. The van der Waals surface area contributed by atoms with Gasteiger partial charge in [0.25, 0.3) is 11.5 Å². The third kappa shape index (κ3) is 3.47. The Morgan fingerprint density at radius 1 is 1.26 bits per heavy atom. The van der Waals surface area contributed by atoms with E-state index in [1.54, 1.807) is 27.6 Å². The van der Waals surface area contributed by atoms with Gasteiger partial charge >= 0.3 is 0 Å². The number of hydrogen-bond acceptors (Lipinski definition) is 3. The Morgan fingerprint density at radius 3 is 2.76 bits per heavy atom. The molecule has 0 N–H and O–H groups in total. The first-order valence-electron chi connectivity index (χ1n) is 11.8. The van der Waals surface area contributed by atoms with Crippen molar-refractivity contribution in [2.24, 2.45) is 13.0 Å². The van der Waals surface area contributed by atoms with Crippen LogP contribution in [0, 0.1) is 12.8 Å². The number of aromatic nitrogens is 4. The molecule has 0 bridgehead atoms. The van der Waals surface area contributed by atoms with Gasteiger partial charge in [-0.2, -0.15) is 0 Å². The number of carbonyl (C=O) groups excluding carboxylic acids is 1. The zero-order valence-electron chi connectivity index (χ0n) is 20.2. The predicted octanol–water partition coefficient (Wildman–Crippen LogP) is 4.05. The van der Waals surface area contributed by atoms with Gasteiger partial charge in [-0.15, -0.1) is 6.58 Å². The van der Waals surface area contributed by atoms with E-state index in [1.165, 1.54) is 16.8 Å². The third-order valence-corrected chi connectivity index (χ3v) is 7.22. The van der Waals surface area contributed by atoms with Gasteiger partial charge in [0.1, 0.15) is 11.4 Å². The maximum atomic E-state index is 13.7. The molecular formula is C27H31N5O2. The highest BCUT2D eigenvalue weighted by Crippen LogP contribution is 2.36. The van der Waals surface area contributed by atoms with E-state index in [9.17, 15) is 9.59 Å². The molecular weight excluding hydrogens is 426 g/mol. The number of carbonyl (C=O) groups is 1. The fourth-order valence-corrected chi connectivity index (χ4v) is 5.53. The van der Waals surface area contributed by atoms with Crippen LogP contribution in [-0.2, 0) is 20.0 Å². The zero-order valence-corrected chi connectivity index (χ0v) is 20.2. The number of rotatable bonds is 5. The van der Waals surface area contributed by atoms with Crippen LogP contribution in [0.2, 0.25) is 0 Å². The van der Waals surface area contributed by atoms with Crippen molar-refractivity contribution in [1.29, 1.82) is 0 Å². The lowest BCUT2D eigenvalue weighted by Gasteiger charge is -2.40. The first kappa shape index (κ1) is 22.2. The first-order valence-corrected chi connectivity index (χ1v) is 11.8. The van der Waals surface area contributed by atoms with E-state index < -0.39 is 0 Å². The van der Waals surface area contributed by atoms with Crippen molar-refractivity contribution in [3.05, 3.63) is 88.1 Å². The molecule has 3 aromatic rings. The fraction of sp³-hybridized carbons (Fsp3) is 0.370. The monoisotopic (exact) mass is 457 g/mol. The molecule has 0 saturated heterocycles. The summed E-state index contributed by atoms with van der Waals surface area (Å²) in [6, 6.07) is 3.27. The second kappa shape index (κ2) is 8.31. The normalized spacial score (nSPS) is 20.2. The Hall–Kier alpha value is -3.61. The van der Waals surface area contributed by atoms with Crippen molar-refractivity contribution in [2.75, 3.05) is 0 Å². The Kier molecular flexibility index (Phi) is 5.42. The summed E-state index contributed by atoms with van der Waals surface area (Å²) in [6.45, 7) is 10.4. The minimum atomic E-state index is -0.170. The molecule has 176 valence electrons. The van der Waals surface area contributed by atoms with Gasteiger partial charge in [0.05, 0.1) is 18.1 Å². The molecule has 3 unspecified atom stereocenters. The molecule has 7 heteroatoms. The van der Waals surface area contributed by atoms with Crippen LogP contribution in [-0.4, -0.2) is 35.5 Å². The number of aryl methyl sites for hydroxylation is 2. The molecule has 1 aliphatic heterocycles. The number of nitrogens with zero attached hydrogens (tertiary/aromatic N) is 5. The van der Waals surface area contributed by atoms with Crippen molar-refractivity contribution < 1.29 is 4.79 Å². The van der Waals surface area contributed by atoms with Crippen LogP contribution in [0.5, 0.6) is 0 Å². The average Bonchev–Trinajstić information content (AvgIpc) is 3.37. The van der Waals surface area contributed by atoms with Gasteiger partial charge in [-0.25, -0.2) is 4.98 Å². The van der Waals surface area contributed by atoms with Gasteiger partial charge in [-0.1, -0.05) is 12.2 Å². The SMILES string of the molecule is C=CCC1C=Cc2c(c(C(C)N3C(=O)c4ccc(-n5cnc(C)c5)c(=O)n4CC3C)cn2C)C1. The van der Waals surface area contributed by atoms with E-state index in [2.05, 4.69) is 48.5 Å². The van der Waals surface area contributed by atoms with E-state index >= 15 is 0 Å². The summed E-state index contributed by atoms with van der Waals surface area (Å²) >= 11 is 0. The van der Waals surface area contributed by atoms with Crippen LogP contribution < -0.4 is 5.56 Å². The number of fused-ring (bicyclic) bond motifs is 2. The van der Waals surface area contributed by atoms with E-state index in [4.69, 9.17) is 0 Å². The highest BCUT2D eigenvalue weighted by molar-refractivity contribution is 5.94. The van der Waals surface area contributed by atoms with Gasteiger partial charge in [0.15, 0.2) is 0 Å². The minimum absolute atomic E-state index is 0.104. The molecule has 5 rings (SSSR count). The van der Waals surface area contributed by atoms with Gasteiger partial charge in [0, 0.05) is 37.7 Å². The summed E-state index contributed by atoms with van der Waals surface area (Å²) in [7, 11) is 2.06. The lowest BCUT2D eigenvalue weighted by molar-refractivity contribution is 0.0509. The number of allylic oxidation sites excluding steroid dienone is 2. The molecule has 3 atom stereocenters. The van der Waals surface area contributed by atoms with E-state index in [0.29, 0.717) is 23.8 Å². The molecule has 0 saturated carbocycles. The molecule has 0 spiro atoms. The van der Waals surface area contributed by atoms with Gasteiger partial charge in [-0.3, -0.25) is 9.59 Å². The average molecular weight is 458 g/mol. The Morgan fingerprint density at radius 2 is 2.06 bits per heavy atom. The Labute approximate surface area is 199 Å². The second-order valence-corrected chi connectivity index (χ2v) is 9.59. The van der Waals surface area contributed by atoms with E-state index in [1.807, 2.05) is 31.0 Å². The first-order chi connectivity index (χ1) is 16.3. The smallest absolute Gasteiger partial charge is 0.275 e. The maximum Gasteiger partial charge on any atom is 0.275 e. The summed E-state index contributed by atoms with van der Waals surface area (Å²) < 4.78 is 5.49. The molecule has 3 aromatic heterocycles. The van der Waals surface area contributed by atoms with Gasteiger partial charge < -0.3 is 18.6 Å². The molecule has 1 amide bonds. The highest BCUT2D eigenvalue weighted by Gasteiger charge is 2.36. The minimum Gasteiger partial charge on any atom is -0.350 e. The van der Waals surface area contributed by atoms with Crippen molar-refractivity contribution in [3.8, 4) is 5.69 Å². The summed E-state index contributed by atoms with van der Waals surface area (Å²) in [6.07, 6.45) is 13.9. The van der Waals surface area contributed by atoms with Crippen LogP contribution in [0.4, 0.5) is 0 Å². The van der Waals surface area contributed by atoms with Crippen LogP contribution in [0.25, 0.3) is 11.8 Å². The quantitative estimate of drug-likeness (QED) is 0.543. The lowest BCUT2D eigenvalue weighted by atomic mass is 9.87. The van der Waals surface area contributed by atoms with Crippen LogP contribution in [0.1, 0.15) is 59.3 Å². The Bertz CT molecular complexity index is 1370. The highest BCUT2D eigenvalue weighted by atomic mass is 16.2.